The van der Waals surface area contributed by atoms with Gasteiger partial charge in [0.2, 0.25) is 15.9 Å². The fourth-order valence-corrected chi connectivity index (χ4v) is 6.75. The number of methoxy groups -OCH3 is 2. The Balaban J connectivity index is 2.12. The van der Waals surface area contributed by atoms with Crippen molar-refractivity contribution in [2.24, 2.45) is 5.41 Å². The maximum absolute atomic E-state index is 13.2. The molecule has 1 fully saturated rings. The highest BCUT2D eigenvalue weighted by Gasteiger charge is 2.50. The van der Waals surface area contributed by atoms with Crippen LogP contribution in [0.15, 0.2) is 41.3 Å². The van der Waals surface area contributed by atoms with Crippen molar-refractivity contribution >= 4 is 48.9 Å². The molecule has 12 heteroatoms. The van der Waals surface area contributed by atoms with Gasteiger partial charge in [-0.15, -0.1) is 0 Å². The quantitative estimate of drug-likeness (QED) is 0.663. The van der Waals surface area contributed by atoms with E-state index in [1.807, 2.05) is 0 Å². The number of amides is 1. The predicted octanol–water partition coefficient (Wildman–Crippen LogP) is 2.86. The molecule has 2 aromatic carbocycles. The molecule has 2 aromatic rings. The van der Waals surface area contributed by atoms with Gasteiger partial charge in [0.05, 0.1) is 36.8 Å². The Morgan fingerprint density at radius 2 is 1.68 bits per heavy atom. The van der Waals surface area contributed by atoms with Crippen molar-refractivity contribution in [3.8, 4) is 11.5 Å². The van der Waals surface area contributed by atoms with Gasteiger partial charge in [-0.2, -0.15) is 0 Å². The largest absolute Gasteiger partial charge is 0.495 e. The lowest BCUT2D eigenvalue weighted by atomic mass is 9.95. The lowest BCUT2D eigenvalue weighted by Crippen LogP contribution is -2.33. The Kier molecular flexibility index (Phi) is 5.89. The second-order valence-electron chi connectivity index (χ2n) is 7.49. The van der Waals surface area contributed by atoms with Gasteiger partial charge in [-0.25, -0.2) is 21.1 Å². The number of rotatable bonds is 6. The molecule has 1 aliphatic heterocycles. The number of nitrogens with zero attached hydrogens (tertiary/aromatic N) is 1. The van der Waals surface area contributed by atoms with Crippen LogP contribution in [0.5, 0.6) is 11.5 Å². The van der Waals surface area contributed by atoms with Crippen molar-refractivity contribution in [2.75, 3.05) is 29.0 Å². The maximum Gasteiger partial charge on any atom is 0.265 e. The molecule has 1 aliphatic rings. The summed E-state index contributed by atoms with van der Waals surface area (Å²) in [5, 5.41) is 0.273. The van der Waals surface area contributed by atoms with E-state index < -0.39 is 31.4 Å². The van der Waals surface area contributed by atoms with Gasteiger partial charge in [-0.3, -0.25) is 9.52 Å². The van der Waals surface area contributed by atoms with E-state index in [-0.39, 0.29) is 38.5 Å². The third-order valence-electron chi connectivity index (χ3n) is 4.66. The topological polar surface area (TPSA) is 119 Å². The normalized spacial score (nSPS) is 17.5. The van der Waals surface area contributed by atoms with Crippen LogP contribution in [0.1, 0.15) is 13.8 Å². The van der Waals surface area contributed by atoms with Crippen molar-refractivity contribution in [3.05, 3.63) is 41.4 Å². The fourth-order valence-electron chi connectivity index (χ4n) is 3.22. The highest BCUT2D eigenvalue weighted by Crippen LogP contribution is 2.39. The van der Waals surface area contributed by atoms with Crippen LogP contribution in [0.25, 0.3) is 0 Å². The molecule has 0 aliphatic carbocycles. The molecule has 0 aromatic heterocycles. The summed E-state index contributed by atoms with van der Waals surface area (Å²) in [6.07, 6.45) is 0. The van der Waals surface area contributed by atoms with Crippen LogP contribution in [0.3, 0.4) is 0 Å². The number of carbonyl (C=O) groups is 1. The van der Waals surface area contributed by atoms with Crippen molar-refractivity contribution < 1.29 is 31.1 Å². The molecule has 0 unspecified atom stereocenters. The Bertz CT molecular complexity index is 1260. The average Bonchev–Trinajstić information content (AvgIpc) is 2.83. The van der Waals surface area contributed by atoms with E-state index in [0.717, 1.165) is 6.07 Å². The minimum Gasteiger partial charge on any atom is -0.495 e. The number of anilines is 2. The SMILES string of the molecule is COc1ccc(Cl)cc1NS(=O)(=O)c1cc(N2C(=O)C(C)(C)CS2(=O)=O)ccc1OC. The predicted molar refractivity (Wildman–Crippen MR) is 117 cm³/mol. The van der Waals surface area contributed by atoms with Gasteiger partial charge in [0.25, 0.3) is 10.0 Å². The Morgan fingerprint density at radius 3 is 2.23 bits per heavy atom. The van der Waals surface area contributed by atoms with Crippen LogP contribution in [-0.2, 0) is 24.8 Å². The highest BCUT2D eigenvalue weighted by atomic mass is 35.5. The van der Waals surface area contributed by atoms with E-state index in [9.17, 15) is 21.6 Å². The standard InChI is InChI=1S/C19H21ClN2O7S2/c1-19(2)11-30(24,25)22(18(19)23)13-6-8-16(29-4)17(10-13)31(26,27)21-14-9-12(20)5-7-15(14)28-3/h5-10,21H,11H2,1-4H3. The van der Waals surface area contributed by atoms with Gasteiger partial charge in [-0.1, -0.05) is 11.6 Å². The third-order valence-corrected chi connectivity index (χ3v) is 8.30. The van der Waals surface area contributed by atoms with Crippen LogP contribution in [-0.4, -0.2) is 42.7 Å². The average molecular weight is 489 g/mol. The van der Waals surface area contributed by atoms with Crippen molar-refractivity contribution in [3.63, 3.8) is 0 Å². The number of hydrogen-bond acceptors (Lipinski definition) is 7. The monoisotopic (exact) mass is 488 g/mol. The van der Waals surface area contributed by atoms with Gasteiger partial charge >= 0.3 is 0 Å². The smallest absolute Gasteiger partial charge is 0.265 e. The van der Waals surface area contributed by atoms with Crippen LogP contribution in [0, 0.1) is 5.41 Å². The lowest BCUT2D eigenvalue weighted by Gasteiger charge is -2.20. The van der Waals surface area contributed by atoms with Gasteiger partial charge in [-0.05, 0) is 50.2 Å². The zero-order chi connectivity index (χ0) is 23.2. The number of hydrogen-bond donors (Lipinski definition) is 1. The van der Waals surface area contributed by atoms with Crippen molar-refractivity contribution in [1.29, 1.82) is 0 Å². The molecule has 0 bridgehead atoms. The summed E-state index contributed by atoms with van der Waals surface area (Å²) in [7, 11) is -5.61. The van der Waals surface area contributed by atoms with Crippen molar-refractivity contribution in [2.45, 2.75) is 18.7 Å². The van der Waals surface area contributed by atoms with Crippen LogP contribution < -0.4 is 18.5 Å². The Morgan fingerprint density at radius 1 is 1.06 bits per heavy atom. The minimum atomic E-state index is -4.29. The van der Waals surface area contributed by atoms with Crippen molar-refractivity contribution in [1.82, 2.24) is 0 Å². The number of benzene rings is 2. The molecule has 0 radical (unpaired) electrons. The zero-order valence-corrected chi connectivity index (χ0v) is 19.6. The molecule has 31 heavy (non-hydrogen) atoms. The van der Waals surface area contributed by atoms with E-state index in [4.69, 9.17) is 21.1 Å². The molecule has 9 nitrogen and oxygen atoms in total. The summed E-state index contributed by atoms with van der Waals surface area (Å²) in [6.45, 7) is 3.03. The first-order chi connectivity index (χ1) is 14.3. The molecular weight excluding hydrogens is 468 g/mol. The second-order valence-corrected chi connectivity index (χ2v) is 11.4. The highest BCUT2D eigenvalue weighted by molar-refractivity contribution is 7.94. The lowest BCUT2D eigenvalue weighted by molar-refractivity contribution is -0.123. The van der Waals surface area contributed by atoms with Crippen LogP contribution in [0.4, 0.5) is 11.4 Å². The number of halogens is 1. The van der Waals surface area contributed by atoms with Crippen LogP contribution in [0.2, 0.25) is 5.02 Å². The van der Waals surface area contributed by atoms with E-state index in [2.05, 4.69) is 4.72 Å². The van der Waals surface area contributed by atoms with Gasteiger partial charge in [0, 0.05) is 5.02 Å². The molecular formula is C19H21ClN2O7S2. The summed E-state index contributed by atoms with van der Waals surface area (Å²) in [5.74, 6) is -0.849. The van der Waals surface area contributed by atoms with Gasteiger partial charge in [0.15, 0.2) is 0 Å². The fraction of sp³-hybridized carbons (Fsp3) is 0.316. The van der Waals surface area contributed by atoms with E-state index in [1.165, 1.54) is 58.4 Å². The molecule has 0 spiro atoms. The number of carbonyl (C=O) groups excluding carboxylic acids is 1. The summed E-state index contributed by atoms with van der Waals surface area (Å²) < 4.78 is 64.8. The third kappa shape index (κ3) is 4.30. The van der Waals surface area contributed by atoms with Gasteiger partial charge < -0.3 is 9.47 Å². The molecule has 0 saturated carbocycles. The zero-order valence-electron chi connectivity index (χ0n) is 17.2. The number of sulfonamides is 2. The first-order valence-corrected chi connectivity index (χ1v) is 12.4. The maximum atomic E-state index is 13.2. The van der Waals surface area contributed by atoms with E-state index in [1.54, 1.807) is 0 Å². The Labute approximate surface area is 186 Å². The minimum absolute atomic E-state index is 0.0412. The van der Waals surface area contributed by atoms with E-state index >= 15 is 0 Å². The molecule has 1 N–H and O–H groups in total. The molecule has 1 heterocycles. The molecule has 168 valence electrons. The van der Waals surface area contributed by atoms with E-state index in [0.29, 0.717) is 4.31 Å². The number of ether oxygens (including phenoxy) is 2. The second kappa shape index (κ2) is 7.88. The Hall–Kier alpha value is -2.50. The molecule has 1 amide bonds. The van der Waals surface area contributed by atoms with Gasteiger partial charge in [0.1, 0.15) is 16.4 Å². The molecule has 0 atom stereocenters. The molecule has 3 rings (SSSR count). The summed E-state index contributed by atoms with van der Waals surface area (Å²) in [4.78, 5) is 12.3. The summed E-state index contributed by atoms with van der Waals surface area (Å²) in [6, 6.07) is 8.07. The number of nitrogens with one attached hydrogen (secondary N) is 1. The summed E-state index contributed by atoms with van der Waals surface area (Å²) >= 11 is 5.97. The molecule has 1 saturated heterocycles. The first kappa shape index (κ1) is 23.2. The first-order valence-electron chi connectivity index (χ1n) is 8.94. The summed E-state index contributed by atoms with van der Waals surface area (Å²) in [5.41, 5.74) is -1.16. The van der Waals surface area contributed by atoms with Crippen LogP contribution >= 0.6 is 11.6 Å².